The second-order valence-corrected chi connectivity index (χ2v) is 6.86. The van der Waals surface area contributed by atoms with E-state index in [2.05, 4.69) is 27.0 Å². The van der Waals surface area contributed by atoms with Crippen molar-refractivity contribution in [3.8, 4) is 22.6 Å². The first-order valence-electron chi connectivity index (χ1n) is 9.13. The Morgan fingerprint density at radius 2 is 2.04 bits per heavy atom. The number of oxazole rings is 1. The maximum absolute atomic E-state index is 15.0. The standard InChI is InChI=1S/C22H19FN4O/c1-5-6-14-7-12(2)21(17(23)8-14)15-9-16-19(10-18(15)24-4)26-27-22(16)20-11-25-13(3)28-20/h7-11H,5-6H2,1-3H3,(H,26,27). The summed E-state index contributed by atoms with van der Waals surface area (Å²) >= 11 is 0. The third kappa shape index (κ3) is 2.95. The molecule has 0 unspecified atom stereocenters. The van der Waals surface area contributed by atoms with Crippen molar-refractivity contribution in [3.05, 3.63) is 64.7 Å². The summed E-state index contributed by atoms with van der Waals surface area (Å²) in [7, 11) is 0. The Morgan fingerprint density at radius 3 is 2.68 bits per heavy atom. The molecule has 0 radical (unpaired) electrons. The molecule has 2 heterocycles. The van der Waals surface area contributed by atoms with Gasteiger partial charge in [0.25, 0.3) is 0 Å². The molecule has 0 aliphatic heterocycles. The molecule has 2 aromatic carbocycles. The van der Waals surface area contributed by atoms with Crippen LogP contribution in [0.1, 0.15) is 30.4 Å². The van der Waals surface area contributed by atoms with Gasteiger partial charge < -0.3 is 4.42 Å². The van der Waals surface area contributed by atoms with Crippen LogP contribution in [0.5, 0.6) is 0 Å². The molecule has 28 heavy (non-hydrogen) atoms. The van der Waals surface area contributed by atoms with Gasteiger partial charge in [0.2, 0.25) is 0 Å². The van der Waals surface area contributed by atoms with Crippen molar-refractivity contribution in [2.45, 2.75) is 33.6 Å². The number of rotatable bonds is 4. The number of hydrogen-bond donors (Lipinski definition) is 1. The van der Waals surface area contributed by atoms with Gasteiger partial charge in [0.1, 0.15) is 11.5 Å². The van der Waals surface area contributed by atoms with Gasteiger partial charge in [-0.25, -0.2) is 14.2 Å². The van der Waals surface area contributed by atoms with Gasteiger partial charge in [-0.1, -0.05) is 25.5 Å². The molecule has 0 fully saturated rings. The number of hydrogen-bond acceptors (Lipinski definition) is 3. The highest BCUT2D eigenvalue weighted by Crippen LogP contribution is 2.40. The Kier molecular flexibility index (Phi) is 4.44. The molecule has 0 saturated carbocycles. The summed E-state index contributed by atoms with van der Waals surface area (Å²) < 4.78 is 20.6. The third-order valence-electron chi connectivity index (χ3n) is 4.81. The predicted octanol–water partition coefficient (Wildman–Crippen LogP) is 6.14. The monoisotopic (exact) mass is 374 g/mol. The quantitative estimate of drug-likeness (QED) is 0.436. The van der Waals surface area contributed by atoms with Gasteiger partial charge in [-0.05, 0) is 42.2 Å². The average molecular weight is 374 g/mol. The number of benzene rings is 2. The Morgan fingerprint density at radius 1 is 1.21 bits per heavy atom. The minimum atomic E-state index is -0.312. The minimum Gasteiger partial charge on any atom is -0.439 e. The number of halogens is 1. The van der Waals surface area contributed by atoms with Crippen molar-refractivity contribution < 1.29 is 8.81 Å². The smallest absolute Gasteiger partial charge is 0.197 e. The van der Waals surface area contributed by atoms with Crippen LogP contribution in [0.4, 0.5) is 10.1 Å². The largest absolute Gasteiger partial charge is 0.439 e. The highest BCUT2D eigenvalue weighted by molar-refractivity contribution is 5.99. The van der Waals surface area contributed by atoms with Gasteiger partial charge in [-0.3, -0.25) is 5.10 Å². The molecule has 4 aromatic rings. The van der Waals surface area contributed by atoms with Gasteiger partial charge in [0.15, 0.2) is 17.3 Å². The number of nitrogens with zero attached hydrogens (tertiary/aromatic N) is 3. The van der Waals surface area contributed by atoms with Gasteiger partial charge >= 0.3 is 0 Å². The highest BCUT2D eigenvalue weighted by atomic mass is 19.1. The summed E-state index contributed by atoms with van der Waals surface area (Å²) in [5.41, 5.74) is 4.45. The summed E-state index contributed by atoms with van der Waals surface area (Å²) in [5, 5.41) is 8.01. The van der Waals surface area contributed by atoms with Gasteiger partial charge in [0, 0.05) is 17.9 Å². The van der Waals surface area contributed by atoms with Crippen LogP contribution in [-0.2, 0) is 6.42 Å². The van der Waals surface area contributed by atoms with E-state index in [-0.39, 0.29) is 5.82 Å². The van der Waals surface area contributed by atoms with Crippen molar-refractivity contribution >= 4 is 16.6 Å². The number of aromatic amines is 1. The first-order chi connectivity index (χ1) is 13.5. The number of nitrogens with one attached hydrogen (secondary N) is 1. The van der Waals surface area contributed by atoms with Crippen molar-refractivity contribution in [1.29, 1.82) is 0 Å². The number of aryl methyl sites for hydroxylation is 3. The van der Waals surface area contributed by atoms with Crippen molar-refractivity contribution in [2.24, 2.45) is 0 Å². The fourth-order valence-corrected chi connectivity index (χ4v) is 3.59. The maximum Gasteiger partial charge on any atom is 0.197 e. The Labute approximate surface area is 162 Å². The van der Waals surface area contributed by atoms with Crippen LogP contribution in [0.3, 0.4) is 0 Å². The van der Waals surface area contributed by atoms with Crippen LogP contribution >= 0.6 is 0 Å². The second-order valence-electron chi connectivity index (χ2n) is 6.86. The molecule has 0 aliphatic rings. The molecule has 0 bridgehead atoms. The van der Waals surface area contributed by atoms with Crippen molar-refractivity contribution in [3.63, 3.8) is 0 Å². The van der Waals surface area contributed by atoms with Crippen LogP contribution in [0.2, 0.25) is 0 Å². The lowest BCUT2D eigenvalue weighted by atomic mass is 9.94. The zero-order valence-electron chi connectivity index (χ0n) is 15.9. The molecule has 4 rings (SSSR count). The van der Waals surface area contributed by atoms with E-state index >= 15 is 4.39 Å². The zero-order chi connectivity index (χ0) is 19.8. The number of H-pyrrole nitrogens is 1. The number of aromatic nitrogens is 3. The lowest BCUT2D eigenvalue weighted by Gasteiger charge is -2.12. The molecule has 2 aromatic heterocycles. The Hall–Kier alpha value is -3.46. The zero-order valence-corrected chi connectivity index (χ0v) is 15.9. The molecule has 6 heteroatoms. The molecule has 0 aliphatic carbocycles. The fourth-order valence-electron chi connectivity index (χ4n) is 3.59. The second kappa shape index (κ2) is 6.93. The van der Waals surface area contributed by atoms with E-state index in [1.165, 1.54) is 0 Å². The minimum absolute atomic E-state index is 0.312. The highest BCUT2D eigenvalue weighted by Gasteiger charge is 2.19. The van der Waals surface area contributed by atoms with Gasteiger partial charge in [-0.15, -0.1) is 0 Å². The maximum atomic E-state index is 15.0. The topological polar surface area (TPSA) is 59.1 Å². The number of fused-ring (bicyclic) bond motifs is 1. The van der Waals surface area contributed by atoms with E-state index < -0.39 is 0 Å². The van der Waals surface area contributed by atoms with Crippen LogP contribution in [-0.4, -0.2) is 15.2 Å². The molecule has 0 atom stereocenters. The van der Waals surface area contributed by atoms with Crippen LogP contribution in [0.15, 0.2) is 34.9 Å². The van der Waals surface area contributed by atoms with E-state index in [1.54, 1.807) is 25.3 Å². The molecule has 5 nitrogen and oxygen atoms in total. The molecule has 140 valence electrons. The van der Waals surface area contributed by atoms with Crippen LogP contribution in [0, 0.1) is 26.2 Å². The predicted molar refractivity (Wildman–Crippen MR) is 107 cm³/mol. The summed E-state index contributed by atoms with van der Waals surface area (Å²) in [5.74, 6) is 0.756. The normalized spacial score (nSPS) is 11.1. The molecule has 1 N–H and O–H groups in total. The molecular weight excluding hydrogens is 355 g/mol. The molecule has 0 amide bonds. The molecular formula is C22H19FN4O. The first-order valence-corrected chi connectivity index (χ1v) is 9.13. The van der Waals surface area contributed by atoms with Crippen molar-refractivity contribution in [2.75, 3.05) is 0 Å². The van der Waals surface area contributed by atoms with Gasteiger partial charge in [-0.2, -0.15) is 5.10 Å². The van der Waals surface area contributed by atoms with Crippen molar-refractivity contribution in [1.82, 2.24) is 15.2 Å². The van der Waals surface area contributed by atoms with E-state index in [0.717, 1.165) is 29.4 Å². The van der Waals surface area contributed by atoms with Gasteiger partial charge in [0.05, 0.1) is 18.3 Å². The van der Waals surface area contributed by atoms with E-state index in [4.69, 9.17) is 11.0 Å². The van der Waals surface area contributed by atoms with Crippen LogP contribution in [0.25, 0.3) is 38.3 Å². The SMILES string of the molecule is [C-]#[N+]c1cc2[nH]nc(-c3cnc(C)o3)c2cc1-c1c(C)cc(CCC)cc1F. The summed E-state index contributed by atoms with van der Waals surface area (Å²) in [4.78, 5) is 7.74. The van der Waals surface area contributed by atoms with Crippen LogP contribution < -0.4 is 0 Å². The first kappa shape index (κ1) is 17.9. The average Bonchev–Trinajstić information content (AvgIpc) is 3.26. The molecule has 0 spiro atoms. The Bertz CT molecular complexity index is 1210. The summed E-state index contributed by atoms with van der Waals surface area (Å²) in [6.45, 7) is 13.3. The summed E-state index contributed by atoms with van der Waals surface area (Å²) in [6, 6.07) is 7.08. The summed E-state index contributed by atoms with van der Waals surface area (Å²) in [6.07, 6.45) is 3.38. The van der Waals surface area contributed by atoms with E-state index in [1.807, 2.05) is 19.1 Å². The lowest BCUT2D eigenvalue weighted by molar-refractivity contribution is 0.533. The third-order valence-corrected chi connectivity index (χ3v) is 4.81. The lowest BCUT2D eigenvalue weighted by Crippen LogP contribution is -1.94. The molecule has 0 saturated heterocycles. The van der Waals surface area contributed by atoms with E-state index in [0.29, 0.717) is 39.7 Å². The Balaban J connectivity index is 1.95. The fraction of sp³-hybridized carbons (Fsp3) is 0.227. The van der Waals surface area contributed by atoms with E-state index in [9.17, 15) is 0 Å².